The fourth-order valence-corrected chi connectivity index (χ4v) is 3.76. The molecule has 0 bridgehead atoms. The zero-order chi connectivity index (χ0) is 24.2. The summed E-state index contributed by atoms with van der Waals surface area (Å²) in [7, 11) is 0. The Kier molecular flexibility index (Phi) is 7.88. The second kappa shape index (κ2) is 10.4. The predicted molar refractivity (Wildman–Crippen MR) is 134 cm³/mol. The van der Waals surface area contributed by atoms with Gasteiger partial charge in [0.15, 0.2) is 0 Å². The van der Waals surface area contributed by atoms with Crippen molar-refractivity contribution in [2.75, 3.05) is 37.7 Å². The molecule has 6 heteroatoms. The molecular formula is C27H39N3O3. The third kappa shape index (κ3) is 6.86. The van der Waals surface area contributed by atoms with Gasteiger partial charge in [0, 0.05) is 31.7 Å². The van der Waals surface area contributed by atoms with Crippen LogP contribution < -0.4 is 9.64 Å². The van der Waals surface area contributed by atoms with Crippen LogP contribution in [0, 0.1) is 5.92 Å². The van der Waals surface area contributed by atoms with Crippen molar-refractivity contribution in [1.82, 2.24) is 9.88 Å². The highest BCUT2D eigenvalue weighted by Gasteiger charge is 2.26. The third-order valence-corrected chi connectivity index (χ3v) is 5.49. The highest BCUT2D eigenvalue weighted by atomic mass is 16.6. The van der Waals surface area contributed by atoms with Crippen molar-refractivity contribution in [1.29, 1.82) is 0 Å². The van der Waals surface area contributed by atoms with Gasteiger partial charge >= 0.3 is 6.09 Å². The monoisotopic (exact) mass is 453 g/mol. The summed E-state index contributed by atoms with van der Waals surface area (Å²) in [6.07, 6.45) is -0.247. The largest absolute Gasteiger partial charge is 0.493 e. The normalized spacial score (nSPS) is 14.7. The molecule has 0 aliphatic carbocycles. The maximum absolute atomic E-state index is 12.4. The molecule has 0 spiro atoms. The van der Waals surface area contributed by atoms with E-state index in [0.717, 1.165) is 35.9 Å². The number of rotatable bonds is 6. The van der Waals surface area contributed by atoms with Crippen LogP contribution in [0.1, 0.15) is 59.9 Å². The molecule has 2 heterocycles. The van der Waals surface area contributed by atoms with Gasteiger partial charge in [0.05, 0.1) is 12.3 Å². The van der Waals surface area contributed by atoms with Gasteiger partial charge < -0.3 is 19.3 Å². The van der Waals surface area contributed by atoms with E-state index in [1.807, 2.05) is 39.0 Å². The number of nitrogens with zero attached hydrogens (tertiary/aromatic N) is 3. The van der Waals surface area contributed by atoms with Crippen molar-refractivity contribution in [3.63, 3.8) is 0 Å². The first kappa shape index (κ1) is 24.9. The van der Waals surface area contributed by atoms with Gasteiger partial charge in [-0.05, 0) is 56.4 Å². The van der Waals surface area contributed by atoms with Crippen molar-refractivity contribution in [2.45, 2.75) is 60.0 Å². The average Bonchev–Trinajstić information content (AvgIpc) is 2.76. The molecule has 0 saturated carbocycles. The zero-order valence-electron chi connectivity index (χ0n) is 21.2. The van der Waals surface area contributed by atoms with Crippen LogP contribution in [0.25, 0.3) is 11.3 Å². The molecule has 0 unspecified atom stereocenters. The second-order valence-corrected chi connectivity index (χ2v) is 10.4. The van der Waals surface area contributed by atoms with E-state index in [0.29, 0.717) is 31.5 Å². The van der Waals surface area contributed by atoms with Crippen molar-refractivity contribution in [3.05, 3.63) is 42.0 Å². The van der Waals surface area contributed by atoms with Gasteiger partial charge in [-0.15, -0.1) is 0 Å². The van der Waals surface area contributed by atoms with Crippen LogP contribution in [-0.4, -0.2) is 54.4 Å². The van der Waals surface area contributed by atoms with Crippen LogP contribution in [0.15, 0.2) is 36.4 Å². The Hall–Kier alpha value is -2.76. The molecule has 1 fully saturated rings. The van der Waals surface area contributed by atoms with E-state index in [-0.39, 0.29) is 6.09 Å². The third-order valence-electron chi connectivity index (χ3n) is 5.49. The Labute approximate surface area is 198 Å². The van der Waals surface area contributed by atoms with E-state index in [4.69, 9.17) is 14.5 Å². The number of carbonyl (C=O) groups is 1. The zero-order valence-corrected chi connectivity index (χ0v) is 21.2. The fourth-order valence-electron chi connectivity index (χ4n) is 3.76. The summed E-state index contributed by atoms with van der Waals surface area (Å²) in [5.41, 5.74) is 2.71. The van der Waals surface area contributed by atoms with E-state index in [2.05, 4.69) is 50.8 Å². The van der Waals surface area contributed by atoms with Crippen molar-refractivity contribution in [2.24, 2.45) is 5.92 Å². The van der Waals surface area contributed by atoms with E-state index < -0.39 is 5.60 Å². The maximum atomic E-state index is 12.4. The fraction of sp³-hybridized carbons (Fsp3) is 0.556. The summed E-state index contributed by atoms with van der Waals surface area (Å²) < 4.78 is 11.7. The lowest BCUT2D eigenvalue weighted by molar-refractivity contribution is 0.0240. The number of hydrogen-bond donors (Lipinski definition) is 0. The average molecular weight is 454 g/mol. The Bertz CT molecular complexity index is 942. The minimum absolute atomic E-state index is 0.247. The van der Waals surface area contributed by atoms with Crippen LogP contribution in [0.5, 0.6) is 5.75 Å². The molecule has 6 nitrogen and oxygen atoms in total. The summed E-state index contributed by atoms with van der Waals surface area (Å²) in [5, 5.41) is 0. The van der Waals surface area contributed by atoms with Gasteiger partial charge in [-0.2, -0.15) is 0 Å². The Morgan fingerprint density at radius 2 is 1.73 bits per heavy atom. The van der Waals surface area contributed by atoms with Gasteiger partial charge in [0.1, 0.15) is 17.2 Å². The molecule has 1 amide bonds. The summed E-state index contributed by atoms with van der Waals surface area (Å²) in [6, 6.07) is 12.5. The number of ether oxygens (including phenoxy) is 2. The molecule has 3 rings (SSSR count). The van der Waals surface area contributed by atoms with E-state index in [1.54, 1.807) is 4.90 Å². The van der Waals surface area contributed by atoms with Gasteiger partial charge in [0.2, 0.25) is 0 Å². The molecule has 0 N–H and O–H groups in total. The summed E-state index contributed by atoms with van der Waals surface area (Å²) in [4.78, 5) is 21.3. The summed E-state index contributed by atoms with van der Waals surface area (Å²) in [6.45, 7) is 17.8. The SMILES string of the molecule is CC(C)COc1cc(-c2cccc(N3CCN(C(=O)OC(C)(C)C)CC3)n2)ccc1C(C)C. The van der Waals surface area contributed by atoms with Crippen LogP contribution in [0.2, 0.25) is 0 Å². The van der Waals surface area contributed by atoms with Gasteiger partial charge in [-0.3, -0.25) is 0 Å². The molecular weight excluding hydrogens is 414 g/mol. The number of anilines is 1. The molecule has 1 aliphatic rings. The Balaban J connectivity index is 1.74. The molecule has 1 saturated heterocycles. The highest BCUT2D eigenvalue weighted by molar-refractivity contribution is 5.69. The smallest absolute Gasteiger partial charge is 0.410 e. The van der Waals surface area contributed by atoms with Crippen LogP contribution in [0.4, 0.5) is 10.6 Å². The van der Waals surface area contributed by atoms with E-state index >= 15 is 0 Å². The molecule has 1 aromatic heterocycles. The van der Waals surface area contributed by atoms with E-state index in [1.165, 1.54) is 5.56 Å². The minimum atomic E-state index is -0.479. The lowest BCUT2D eigenvalue weighted by Crippen LogP contribution is -2.50. The standard InChI is InChI=1S/C27H39N3O3/c1-19(2)18-32-24-17-21(11-12-22(24)20(3)4)23-9-8-10-25(28-23)29-13-15-30(16-14-29)26(31)33-27(5,6)7/h8-12,17,19-20H,13-16,18H2,1-7H3. The molecule has 0 atom stereocenters. The number of aromatic nitrogens is 1. The van der Waals surface area contributed by atoms with Gasteiger partial charge in [0.25, 0.3) is 0 Å². The highest BCUT2D eigenvalue weighted by Crippen LogP contribution is 2.32. The quantitative estimate of drug-likeness (QED) is 0.540. The van der Waals surface area contributed by atoms with Crippen LogP contribution >= 0.6 is 0 Å². The summed E-state index contributed by atoms with van der Waals surface area (Å²) in [5.74, 6) is 2.72. The van der Waals surface area contributed by atoms with Gasteiger partial charge in [-0.25, -0.2) is 9.78 Å². The first-order chi connectivity index (χ1) is 15.5. The van der Waals surface area contributed by atoms with Crippen LogP contribution in [-0.2, 0) is 4.74 Å². The molecule has 2 aromatic rings. The number of benzene rings is 1. The Morgan fingerprint density at radius 3 is 2.33 bits per heavy atom. The first-order valence-electron chi connectivity index (χ1n) is 12.0. The maximum Gasteiger partial charge on any atom is 0.410 e. The number of amides is 1. The van der Waals surface area contributed by atoms with Gasteiger partial charge in [-0.1, -0.05) is 45.9 Å². The molecule has 180 valence electrons. The number of pyridine rings is 1. The minimum Gasteiger partial charge on any atom is -0.493 e. The number of piperazine rings is 1. The number of hydrogen-bond acceptors (Lipinski definition) is 5. The molecule has 1 aromatic carbocycles. The first-order valence-corrected chi connectivity index (χ1v) is 12.0. The lowest BCUT2D eigenvalue weighted by atomic mass is 9.99. The molecule has 0 radical (unpaired) electrons. The topological polar surface area (TPSA) is 54.9 Å². The van der Waals surface area contributed by atoms with Crippen LogP contribution in [0.3, 0.4) is 0 Å². The number of carbonyl (C=O) groups excluding carboxylic acids is 1. The Morgan fingerprint density at radius 1 is 1.03 bits per heavy atom. The van der Waals surface area contributed by atoms with Crippen molar-refractivity contribution in [3.8, 4) is 17.0 Å². The second-order valence-electron chi connectivity index (χ2n) is 10.4. The molecule has 33 heavy (non-hydrogen) atoms. The lowest BCUT2D eigenvalue weighted by Gasteiger charge is -2.36. The molecule has 1 aliphatic heterocycles. The van der Waals surface area contributed by atoms with E-state index in [9.17, 15) is 4.79 Å². The predicted octanol–water partition coefficient (Wildman–Crippen LogP) is 5.96. The van der Waals surface area contributed by atoms with Crippen molar-refractivity contribution >= 4 is 11.9 Å². The summed E-state index contributed by atoms with van der Waals surface area (Å²) >= 11 is 0. The van der Waals surface area contributed by atoms with Crippen molar-refractivity contribution < 1.29 is 14.3 Å².